The van der Waals surface area contributed by atoms with Crippen molar-refractivity contribution in [2.24, 2.45) is 17.8 Å². The van der Waals surface area contributed by atoms with Gasteiger partial charge in [-0.2, -0.15) is 0 Å². The van der Waals surface area contributed by atoms with Crippen LogP contribution in [0.1, 0.15) is 25.8 Å². The topological polar surface area (TPSA) is 99.6 Å². The second-order valence-corrected chi connectivity index (χ2v) is 12.2. The van der Waals surface area contributed by atoms with E-state index in [2.05, 4.69) is 0 Å². The van der Waals surface area contributed by atoms with Gasteiger partial charge in [0.05, 0.1) is 37.7 Å². The number of hydrogen-bond donors (Lipinski definition) is 1. The molecule has 0 bridgehead atoms. The number of carbonyl (C=O) groups is 3. The van der Waals surface area contributed by atoms with Gasteiger partial charge in [-0.3, -0.25) is 14.4 Å². The van der Waals surface area contributed by atoms with E-state index in [0.29, 0.717) is 30.9 Å². The summed E-state index contributed by atoms with van der Waals surface area (Å²) in [6.07, 6.45) is 7.34. The number of rotatable bonds is 8. The molecule has 2 saturated heterocycles. The normalized spacial score (nSPS) is 29.0. The average Bonchev–Trinajstić information content (AvgIpc) is 3.34. The summed E-state index contributed by atoms with van der Waals surface area (Å²) in [6.45, 7) is 4.82. The van der Waals surface area contributed by atoms with E-state index in [-0.39, 0.29) is 36.8 Å². The van der Waals surface area contributed by atoms with Crippen LogP contribution in [0.2, 0.25) is 0 Å². The highest BCUT2D eigenvalue weighted by molar-refractivity contribution is 6.06. The lowest BCUT2D eigenvalue weighted by Gasteiger charge is -2.39. The van der Waals surface area contributed by atoms with Crippen LogP contribution in [0.15, 0.2) is 78.9 Å². The molecule has 2 aromatic rings. The molecule has 1 unspecified atom stereocenters. The van der Waals surface area contributed by atoms with Gasteiger partial charge in [-0.1, -0.05) is 68.5 Å². The summed E-state index contributed by atoms with van der Waals surface area (Å²) in [5, 5.41) is 10.6. The number of aliphatic hydroxyl groups excluding tert-OH is 1. The van der Waals surface area contributed by atoms with E-state index < -0.39 is 35.6 Å². The summed E-state index contributed by atoms with van der Waals surface area (Å²) >= 11 is 0. The maximum absolute atomic E-state index is 14.6. The van der Waals surface area contributed by atoms with Crippen molar-refractivity contribution in [1.29, 1.82) is 0 Å². The van der Waals surface area contributed by atoms with Crippen LogP contribution in [-0.4, -0.2) is 83.2 Å². The first kappa shape index (κ1) is 29.1. The lowest BCUT2D eigenvalue weighted by molar-refractivity contribution is -0.147. The van der Waals surface area contributed by atoms with E-state index in [1.807, 2.05) is 80.6 Å². The van der Waals surface area contributed by atoms with Crippen molar-refractivity contribution in [3.63, 3.8) is 0 Å². The molecule has 43 heavy (non-hydrogen) atoms. The van der Waals surface area contributed by atoms with Gasteiger partial charge in [0.1, 0.15) is 17.4 Å². The van der Waals surface area contributed by atoms with Gasteiger partial charge in [0, 0.05) is 25.3 Å². The molecule has 6 rings (SSSR count). The van der Waals surface area contributed by atoms with Gasteiger partial charge in [0.2, 0.25) is 11.8 Å². The van der Waals surface area contributed by atoms with Crippen LogP contribution in [0.5, 0.6) is 5.75 Å². The lowest BCUT2D eigenvalue weighted by atomic mass is 9.77. The molecule has 4 aliphatic heterocycles. The lowest BCUT2D eigenvalue weighted by Crippen LogP contribution is -2.58. The minimum Gasteiger partial charge on any atom is -0.497 e. The first-order valence-electron chi connectivity index (χ1n) is 15.0. The fourth-order valence-electron chi connectivity index (χ4n) is 7.28. The number of aliphatic hydroxyl groups is 1. The number of likely N-dealkylation sites (tertiary alicyclic amines) is 1. The fraction of sp³-hybridized carbons (Fsp3) is 0.441. The minimum absolute atomic E-state index is 0.160. The molecule has 3 amide bonds. The van der Waals surface area contributed by atoms with Crippen molar-refractivity contribution >= 4 is 23.4 Å². The van der Waals surface area contributed by atoms with Gasteiger partial charge in [-0.25, -0.2) is 0 Å². The van der Waals surface area contributed by atoms with E-state index in [4.69, 9.17) is 9.47 Å². The molecule has 4 heterocycles. The van der Waals surface area contributed by atoms with Gasteiger partial charge in [0.15, 0.2) is 0 Å². The second kappa shape index (κ2) is 11.6. The standard InChI is InChI=1S/C34H39N3O6/c1-22(2)19-25(21-38)37-30-33(41)36(24-12-14-26(42-3)15-13-24)18-8-16-34(30)29(32(37)40)28-27(43-34)11-7-17-35(31(28)39)20-23-9-5-4-6-10-23/h4-16,22,25,27-30,38H,17-21H2,1-3H3/t25-,27-,28+,29+,30?,34+/m1/s1. The molecule has 9 heteroatoms. The van der Waals surface area contributed by atoms with Gasteiger partial charge in [-0.15, -0.1) is 0 Å². The number of amides is 3. The number of fused-ring (bicyclic) bond motifs is 2. The highest BCUT2D eigenvalue weighted by Gasteiger charge is 2.72. The maximum atomic E-state index is 14.6. The number of benzene rings is 2. The first-order chi connectivity index (χ1) is 20.8. The Morgan fingerprint density at radius 1 is 0.977 bits per heavy atom. The van der Waals surface area contributed by atoms with Crippen LogP contribution in [-0.2, 0) is 25.7 Å². The van der Waals surface area contributed by atoms with Gasteiger partial charge in [0.25, 0.3) is 5.91 Å². The number of ether oxygens (including phenoxy) is 2. The molecular formula is C34H39N3O6. The van der Waals surface area contributed by atoms with Gasteiger partial charge >= 0.3 is 0 Å². The number of hydrogen-bond acceptors (Lipinski definition) is 6. The number of anilines is 1. The predicted octanol–water partition coefficient (Wildman–Crippen LogP) is 3.18. The van der Waals surface area contributed by atoms with Gasteiger partial charge < -0.3 is 29.3 Å². The Morgan fingerprint density at radius 3 is 2.40 bits per heavy atom. The molecule has 226 valence electrons. The Labute approximate surface area is 252 Å². The summed E-state index contributed by atoms with van der Waals surface area (Å²) in [5.74, 6) is -1.68. The number of methoxy groups -OCH3 is 1. The SMILES string of the molecule is COc1ccc(N2CC=C[C@]34O[C@@H]5C=CCN(Cc6ccccc6)C(=O)[C@@H]5[C@H]3C(=O)N([C@@H](CO)CC(C)C)C4C2=O)cc1. The predicted molar refractivity (Wildman–Crippen MR) is 161 cm³/mol. The molecule has 1 spiro atoms. The van der Waals surface area contributed by atoms with Crippen molar-refractivity contribution in [3.05, 3.63) is 84.5 Å². The number of nitrogens with zero attached hydrogens (tertiary/aromatic N) is 3. The Kier molecular flexibility index (Phi) is 7.87. The molecule has 9 nitrogen and oxygen atoms in total. The quantitative estimate of drug-likeness (QED) is 0.478. The van der Waals surface area contributed by atoms with Crippen molar-refractivity contribution in [1.82, 2.24) is 9.80 Å². The zero-order chi connectivity index (χ0) is 30.3. The summed E-state index contributed by atoms with van der Waals surface area (Å²) in [7, 11) is 1.58. The van der Waals surface area contributed by atoms with Crippen molar-refractivity contribution in [3.8, 4) is 5.75 Å². The maximum Gasteiger partial charge on any atom is 0.253 e. The Bertz CT molecular complexity index is 1420. The van der Waals surface area contributed by atoms with Crippen molar-refractivity contribution < 1.29 is 29.0 Å². The van der Waals surface area contributed by atoms with E-state index in [9.17, 15) is 19.5 Å². The molecule has 0 saturated carbocycles. The number of carbonyl (C=O) groups excluding carboxylic acids is 3. The Balaban J connectivity index is 1.42. The smallest absolute Gasteiger partial charge is 0.253 e. The van der Waals surface area contributed by atoms with E-state index in [1.54, 1.807) is 33.9 Å². The third kappa shape index (κ3) is 4.94. The molecule has 2 fully saturated rings. The third-order valence-corrected chi connectivity index (χ3v) is 9.13. The summed E-state index contributed by atoms with van der Waals surface area (Å²) < 4.78 is 12.1. The zero-order valence-corrected chi connectivity index (χ0v) is 24.8. The van der Waals surface area contributed by atoms with Gasteiger partial charge in [-0.05, 0) is 42.2 Å². The van der Waals surface area contributed by atoms with Crippen LogP contribution in [0.25, 0.3) is 0 Å². The average molecular weight is 586 g/mol. The van der Waals surface area contributed by atoms with Crippen molar-refractivity contribution in [2.75, 3.05) is 31.7 Å². The molecule has 0 aliphatic carbocycles. The monoisotopic (exact) mass is 585 g/mol. The molecular weight excluding hydrogens is 546 g/mol. The van der Waals surface area contributed by atoms with E-state index >= 15 is 0 Å². The highest BCUT2D eigenvalue weighted by atomic mass is 16.5. The largest absolute Gasteiger partial charge is 0.497 e. The molecule has 0 aromatic heterocycles. The summed E-state index contributed by atoms with van der Waals surface area (Å²) in [5.41, 5.74) is 0.292. The third-order valence-electron chi connectivity index (χ3n) is 9.13. The highest BCUT2D eigenvalue weighted by Crippen LogP contribution is 2.54. The minimum atomic E-state index is -1.36. The Hall–Kier alpha value is -3.95. The van der Waals surface area contributed by atoms with Crippen LogP contribution in [0, 0.1) is 17.8 Å². The molecule has 1 N–H and O–H groups in total. The first-order valence-corrected chi connectivity index (χ1v) is 15.0. The molecule has 4 aliphatic rings. The Morgan fingerprint density at radius 2 is 1.72 bits per heavy atom. The van der Waals surface area contributed by atoms with Crippen LogP contribution >= 0.6 is 0 Å². The molecule has 6 atom stereocenters. The zero-order valence-electron chi connectivity index (χ0n) is 24.8. The van der Waals surface area contributed by atoms with Crippen LogP contribution in [0.4, 0.5) is 5.69 Å². The van der Waals surface area contributed by atoms with Crippen LogP contribution in [0.3, 0.4) is 0 Å². The molecule has 0 radical (unpaired) electrons. The second-order valence-electron chi connectivity index (χ2n) is 12.2. The molecule has 2 aromatic carbocycles. The van der Waals surface area contributed by atoms with E-state index in [1.165, 1.54) is 0 Å². The summed E-state index contributed by atoms with van der Waals surface area (Å²) in [6, 6.07) is 15.3. The van der Waals surface area contributed by atoms with Crippen LogP contribution < -0.4 is 9.64 Å². The van der Waals surface area contributed by atoms with Crippen molar-refractivity contribution in [2.45, 2.75) is 50.6 Å². The van der Waals surface area contributed by atoms with E-state index in [0.717, 1.165) is 5.56 Å². The summed E-state index contributed by atoms with van der Waals surface area (Å²) in [4.78, 5) is 48.5. The fourth-order valence-corrected chi connectivity index (χ4v) is 7.28.